The third-order valence-corrected chi connectivity index (χ3v) is 3.80. The molecule has 0 aliphatic heterocycles. The Kier molecular flexibility index (Phi) is 12.2. The van der Waals surface area contributed by atoms with Crippen molar-refractivity contribution in [1.29, 1.82) is 0 Å². The zero-order chi connectivity index (χ0) is 16.3. The summed E-state index contributed by atoms with van der Waals surface area (Å²) < 4.78 is 0. The standard InChI is InChI=1S/C16H38N4O/c1-7-8-16(21)15-20(6)14-13-19(5)12-11-18(4)10-9-17(2)3/h16,21H,7-15H2,1-6H3. The summed E-state index contributed by atoms with van der Waals surface area (Å²) in [5.41, 5.74) is 0. The number of hydrogen-bond acceptors (Lipinski definition) is 5. The van der Waals surface area contributed by atoms with Crippen LogP contribution in [0, 0.1) is 0 Å². The topological polar surface area (TPSA) is 33.2 Å². The van der Waals surface area contributed by atoms with Crippen LogP contribution in [0.4, 0.5) is 0 Å². The highest BCUT2D eigenvalue weighted by Gasteiger charge is 2.08. The monoisotopic (exact) mass is 302 g/mol. The van der Waals surface area contributed by atoms with Crippen LogP contribution < -0.4 is 0 Å². The Balaban J connectivity index is 3.67. The summed E-state index contributed by atoms with van der Waals surface area (Å²) in [6.07, 6.45) is 1.77. The predicted molar refractivity (Wildman–Crippen MR) is 92.0 cm³/mol. The van der Waals surface area contributed by atoms with E-state index in [2.05, 4.69) is 61.8 Å². The van der Waals surface area contributed by atoms with Gasteiger partial charge in [0.1, 0.15) is 0 Å². The smallest absolute Gasteiger partial charge is 0.0666 e. The van der Waals surface area contributed by atoms with Gasteiger partial charge in [0.05, 0.1) is 6.10 Å². The third kappa shape index (κ3) is 13.2. The molecule has 1 unspecified atom stereocenters. The van der Waals surface area contributed by atoms with Gasteiger partial charge in [-0.2, -0.15) is 0 Å². The second-order valence-corrected chi connectivity index (χ2v) is 6.61. The maximum Gasteiger partial charge on any atom is 0.0666 e. The molecular weight excluding hydrogens is 264 g/mol. The fourth-order valence-corrected chi connectivity index (χ4v) is 2.15. The van der Waals surface area contributed by atoms with Crippen molar-refractivity contribution in [2.45, 2.75) is 25.9 Å². The first kappa shape index (κ1) is 20.8. The van der Waals surface area contributed by atoms with E-state index >= 15 is 0 Å². The highest BCUT2D eigenvalue weighted by molar-refractivity contribution is 4.64. The Morgan fingerprint density at radius 2 is 1.14 bits per heavy atom. The van der Waals surface area contributed by atoms with Crippen molar-refractivity contribution >= 4 is 0 Å². The van der Waals surface area contributed by atoms with Gasteiger partial charge in [-0.1, -0.05) is 13.3 Å². The number of rotatable bonds is 13. The molecule has 0 rings (SSSR count). The molecule has 0 spiro atoms. The molecule has 0 aliphatic rings. The molecule has 21 heavy (non-hydrogen) atoms. The van der Waals surface area contributed by atoms with Gasteiger partial charge >= 0.3 is 0 Å². The Bertz CT molecular complexity index is 238. The van der Waals surface area contributed by atoms with Crippen LogP contribution >= 0.6 is 0 Å². The van der Waals surface area contributed by atoms with Crippen molar-refractivity contribution in [2.75, 3.05) is 81.1 Å². The highest BCUT2D eigenvalue weighted by atomic mass is 16.3. The third-order valence-electron chi connectivity index (χ3n) is 3.80. The van der Waals surface area contributed by atoms with E-state index in [0.717, 1.165) is 58.7 Å². The lowest BCUT2D eigenvalue weighted by Crippen LogP contribution is -2.39. The van der Waals surface area contributed by atoms with Gasteiger partial charge in [-0.05, 0) is 41.7 Å². The molecule has 0 radical (unpaired) electrons. The molecule has 5 heteroatoms. The van der Waals surface area contributed by atoms with Gasteiger partial charge < -0.3 is 24.7 Å². The first-order chi connectivity index (χ1) is 9.85. The lowest BCUT2D eigenvalue weighted by molar-refractivity contribution is 0.111. The lowest BCUT2D eigenvalue weighted by atomic mass is 10.2. The van der Waals surface area contributed by atoms with Gasteiger partial charge in [0.25, 0.3) is 0 Å². The van der Waals surface area contributed by atoms with E-state index in [1.807, 2.05) is 0 Å². The number of aliphatic hydroxyl groups is 1. The van der Waals surface area contributed by atoms with Crippen molar-refractivity contribution in [2.24, 2.45) is 0 Å². The summed E-state index contributed by atoms with van der Waals surface area (Å²) >= 11 is 0. The SMILES string of the molecule is CCCC(O)CN(C)CCN(C)CCN(C)CCN(C)C. The second kappa shape index (κ2) is 12.4. The lowest BCUT2D eigenvalue weighted by Gasteiger charge is -2.26. The van der Waals surface area contributed by atoms with E-state index in [1.165, 1.54) is 0 Å². The van der Waals surface area contributed by atoms with Crippen LogP contribution in [0.15, 0.2) is 0 Å². The van der Waals surface area contributed by atoms with Gasteiger partial charge in [0.15, 0.2) is 0 Å². The van der Waals surface area contributed by atoms with Crippen molar-refractivity contribution in [3.05, 3.63) is 0 Å². The van der Waals surface area contributed by atoms with Crippen LogP contribution in [0.5, 0.6) is 0 Å². The van der Waals surface area contributed by atoms with Gasteiger partial charge in [-0.25, -0.2) is 0 Å². The zero-order valence-corrected chi connectivity index (χ0v) is 15.2. The molecular formula is C16H38N4O. The van der Waals surface area contributed by atoms with Crippen molar-refractivity contribution in [3.63, 3.8) is 0 Å². The summed E-state index contributed by atoms with van der Waals surface area (Å²) in [5, 5.41) is 9.80. The molecule has 5 nitrogen and oxygen atoms in total. The van der Waals surface area contributed by atoms with Crippen LogP contribution in [-0.4, -0.2) is 112 Å². The summed E-state index contributed by atoms with van der Waals surface area (Å²) in [4.78, 5) is 9.20. The largest absolute Gasteiger partial charge is 0.392 e. The minimum Gasteiger partial charge on any atom is -0.392 e. The van der Waals surface area contributed by atoms with E-state index in [1.54, 1.807) is 0 Å². The summed E-state index contributed by atoms with van der Waals surface area (Å²) in [6.45, 7) is 9.38. The first-order valence-corrected chi connectivity index (χ1v) is 8.23. The average molecular weight is 303 g/mol. The van der Waals surface area contributed by atoms with Gasteiger partial charge in [0, 0.05) is 45.8 Å². The molecule has 0 aromatic rings. The molecule has 1 atom stereocenters. The molecule has 0 bridgehead atoms. The minimum atomic E-state index is -0.178. The molecule has 0 aromatic heterocycles. The summed E-state index contributed by atoms with van der Waals surface area (Å²) in [6, 6.07) is 0. The number of hydrogen-bond donors (Lipinski definition) is 1. The molecule has 128 valence electrons. The van der Waals surface area contributed by atoms with Crippen LogP contribution in [0.3, 0.4) is 0 Å². The molecule has 1 N–H and O–H groups in total. The highest BCUT2D eigenvalue weighted by Crippen LogP contribution is 1.98. The molecule has 0 saturated heterocycles. The second-order valence-electron chi connectivity index (χ2n) is 6.61. The van der Waals surface area contributed by atoms with Gasteiger partial charge in [-0.3, -0.25) is 0 Å². The van der Waals surface area contributed by atoms with Crippen LogP contribution in [0.25, 0.3) is 0 Å². The van der Waals surface area contributed by atoms with Crippen molar-refractivity contribution in [3.8, 4) is 0 Å². The fourth-order valence-electron chi connectivity index (χ4n) is 2.15. The van der Waals surface area contributed by atoms with Crippen LogP contribution in [0.1, 0.15) is 19.8 Å². The van der Waals surface area contributed by atoms with E-state index in [-0.39, 0.29) is 6.10 Å². The molecule has 0 saturated carbocycles. The Morgan fingerprint density at radius 1 is 0.714 bits per heavy atom. The quantitative estimate of drug-likeness (QED) is 0.536. The normalized spacial score (nSPS) is 13.9. The Hall–Kier alpha value is -0.200. The number of likely N-dealkylation sites (N-methyl/N-ethyl adjacent to an activating group) is 4. The number of nitrogens with zero attached hydrogens (tertiary/aromatic N) is 4. The maximum absolute atomic E-state index is 9.80. The van der Waals surface area contributed by atoms with E-state index in [0.29, 0.717) is 0 Å². The predicted octanol–water partition coefficient (Wildman–Crippen LogP) is 0.504. The number of aliphatic hydroxyl groups excluding tert-OH is 1. The molecule has 0 aliphatic carbocycles. The molecule has 0 fully saturated rings. The molecule has 0 amide bonds. The maximum atomic E-state index is 9.80. The summed E-state index contributed by atoms with van der Waals surface area (Å²) in [5.74, 6) is 0. The Labute approximate surface area is 132 Å². The van der Waals surface area contributed by atoms with E-state index < -0.39 is 0 Å². The first-order valence-electron chi connectivity index (χ1n) is 8.23. The van der Waals surface area contributed by atoms with Crippen molar-refractivity contribution < 1.29 is 5.11 Å². The van der Waals surface area contributed by atoms with E-state index in [9.17, 15) is 5.11 Å². The van der Waals surface area contributed by atoms with Gasteiger partial charge in [-0.15, -0.1) is 0 Å². The van der Waals surface area contributed by atoms with E-state index in [4.69, 9.17) is 0 Å². The summed E-state index contributed by atoms with van der Waals surface area (Å²) in [7, 11) is 10.7. The molecule has 0 heterocycles. The molecule has 0 aromatic carbocycles. The van der Waals surface area contributed by atoms with Crippen LogP contribution in [0.2, 0.25) is 0 Å². The van der Waals surface area contributed by atoms with Gasteiger partial charge in [0.2, 0.25) is 0 Å². The average Bonchev–Trinajstić information content (AvgIpc) is 2.40. The minimum absolute atomic E-state index is 0.178. The Morgan fingerprint density at radius 3 is 1.57 bits per heavy atom. The zero-order valence-electron chi connectivity index (χ0n) is 15.2. The van der Waals surface area contributed by atoms with Crippen molar-refractivity contribution in [1.82, 2.24) is 19.6 Å². The van der Waals surface area contributed by atoms with Crippen LogP contribution in [-0.2, 0) is 0 Å². The fraction of sp³-hybridized carbons (Fsp3) is 1.00.